The van der Waals surface area contributed by atoms with Crippen molar-refractivity contribution in [3.63, 3.8) is 0 Å². The van der Waals surface area contributed by atoms with Crippen molar-refractivity contribution in [2.75, 3.05) is 0 Å². The lowest BCUT2D eigenvalue weighted by Crippen LogP contribution is -2.13. The van der Waals surface area contributed by atoms with E-state index in [1.807, 2.05) is 0 Å². The third-order valence-corrected chi connectivity index (χ3v) is 5.39. The van der Waals surface area contributed by atoms with Crippen LogP contribution in [0.15, 0.2) is 70.6 Å². The molecule has 0 aliphatic carbocycles. The summed E-state index contributed by atoms with van der Waals surface area (Å²) in [6.45, 7) is 1.77. The number of halogens is 1. The van der Waals surface area contributed by atoms with Crippen molar-refractivity contribution in [2.45, 2.75) is 16.7 Å². The topological polar surface area (TPSA) is 39.1 Å². The number of aryl methyl sites for hydroxylation is 1. The lowest BCUT2D eigenvalue weighted by Gasteiger charge is -2.11. The number of rotatable bonds is 3. The molecule has 0 saturated carbocycles. The Bertz CT molecular complexity index is 978. The summed E-state index contributed by atoms with van der Waals surface area (Å²) in [5.74, 6) is -0.468. The van der Waals surface area contributed by atoms with Gasteiger partial charge in [-0.25, -0.2) is 16.8 Å². The first-order valence-corrected chi connectivity index (χ1v) is 8.77. The molecule has 0 radical (unpaired) electrons. The molecule has 23 heavy (non-hydrogen) atoms. The van der Waals surface area contributed by atoms with Crippen LogP contribution in [-0.2, 0) is 10.0 Å². The van der Waals surface area contributed by atoms with Gasteiger partial charge in [0.05, 0.1) is 10.6 Å². The molecule has 1 aromatic heterocycles. The molecule has 0 bridgehead atoms. The van der Waals surface area contributed by atoms with E-state index < -0.39 is 15.8 Å². The highest BCUT2D eigenvalue weighted by molar-refractivity contribution is 7.90. The lowest BCUT2D eigenvalue weighted by molar-refractivity contribution is 0.587. The molecule has 3 aromatic rings. The molecule has 6 heteroatoms. The summed E-state index contributed by atoms with van der Waals surface area (Å²) in [5, 5.41) is 0. The van der Waals surface area contributed by atoms with Gasteiger partial charge in [-0.3, -0.25) is 0 Å². The van der Waals surface area contributed by atoms with Crippen molar-refractivity contribution in [3.8, 4) is 11.3 Å². The van der Waals surface area contributed by atoms with Crippen molar-refractivity contribution in [2.24, 2.45) is 0 Å². The van der Waals surface area contributed by atoms with E-state index in [2.05, 4.69) is 12.6 Å². The van der Waals surface area contributed by atoms with Crippen molar-refractivity contribution >= 4 is 22.7 Å². The standard InChI is InChI=1S/C17H14FNO2S2/c1-12-9-17(15-7-2-3-8-16(15)18)19(11-12)23(20,21)14-6-4-5-13(22)10-14/h2-11,22H,1H3. The van der Waals surface area contributed by atoms with Gasteiger partial charge < -0.3 is 0 Å². The van der Waals surface area contributed by atoms with Crippen LogP contribution < -0.4 is 0 Å². The Morgan fingerprint density at radius 1 is 1.04 bits per heavy atom. The van der Waals surface area contributed by atoms with Crippen LogP contribution in [0.5, 0.6) is 0 Å². The van der Waals surface area contributed by atoms with Gasteiger partial charge in [-0.05, 0) is 48.9 Å². The zero-order valence-electron chi connectivity index (χ0n) is 12.3. The number of nitrogens with zero attached hydrogens (tertiary/aromatic N) is 1. The van der Waals surface area contributed by atoms with Gasteiger partial charge in [0.2, 0.25) is 0 Å². The average Bonchev–Trinajstić information content (AvgIpc) is 2.90. The van der Waals surface area contributed by atoms with Crippen molar-refractivity contribution in [3.05, 3.63) is 72.2 Å². The van der Waals surface area contributed by atoms with Gasteiger partial charge in [0.1, 0.15) is 5.82 Å². The van der Waals surface area contributed by atoms with Crippen LogP contribution in [-0.4, -0.2) is 12.4 Å². The first-order chi connectivity index (χ1) is 10.9. The summed E-state index contributed by atoms with van der Waals surface area (Å²) in [4.78, 5) is 0.653. The molecule has 2 aromatic carbocycles. The normalized spacial score (nSPS) is 11.6. The van der Waals surface area contributed by atoms with Crippen LogP contribution in [0, 0.1) is 12.7 Å². The fourth-order valence-corrected chi connectivity index (χ4v) is 4.17. The third kappa shape index (κ3) is 2.92. The van der Waals surface area contributed by atoms with Gasteiger partial charge in [-0.1, -0.05) is 18.2 Å². The van der Waals surface area contributed by atoms with Crippen LogP contribution in [0.3, 0.4) is 0 Å². The quantitative estimate of drug-likeness (QED) is 0.724. The molecular formula is C17H14FNO2S2. The smallest absolute Gasteiger partial charge is 0.241 e. The molecule has 0 aliphatic rings. The zero-order valence-corrected chi connectivity index (χ0v) is 14.0. The van der Waals surface area contributed by atoms with E-state index in [-0.39, 0.29) is 10.5 Å². The highest BCUT2D eigenvalue weighted by Crippen LogP contribution is 2.29. The minimum Gasteiger partial charge on any atom is -0.241 e. The molecule has 0 amide bonds. The van der Waals surface area contributed by atoms with Crippen LogP contribution >= 0.6 is 12.6 Å². The maximum atomic E-state index is 14.1. The Morgan fingerprint density at radius 3 is 2.48 bits per heavy atom. The molecule has 0 aliphatic heterocycles. The van der Waals surface area contributed by atoms with Gasteiger partial charge in [0.25, 0.3) is 10.0 Å². The molecule has 3 nitrogen and oxygen atoms in total. The minimum absolute atomic E-state index is 0.109. The van der Waals surface area contributed by atoms with E-state index in [1.54, 1.807) is 43.3 Å². The van der Waals surface area contributed by atoms with Crippen LogP contribution in [0.1, 0.15) is 5.56 Å². The first-order valence-electron chi connectivity index (χ1n) is 6.88. The largest absolute Gasteiger partial charge is 0.268 e. The van der Waals surface area contributed by atoms with Crippen molar-refractivity contribution < 1.29 is 12.8 Å². The maximum absolute atomic E-state index is 14.1. The molecule has 0 saturated heterocycles. The summed E-state index contributed by atoms with van der Waals surface area (Å²) in [6.07, 6.45) is 1.49. The molecule has 1 heterocycles. The zero-order chi connectivity index (χ0) is 16.6. The Hall–Kier alpha value is -2.05. The second-order valence-electron chi connectivity index (χ2n) is 5.18. The molecule has 0 fully saturated rings. The molecule has 0 unspecified atom stereocenters. The summed E-state index contributed by atoms with van der Waals surface area (Å²) >= 11 is 4.18. The van der Waals surface area contributed by atoms with Gasteiger partial charge in [0.15, 0.2) is 0 Å². The highest BCUT2D eigenvalue weighted by Gasteiger charge is 2.22. The molecule has 0 N–H and O–H groups in total. The van der Waals surface area contributed by atoms with E-state index in [4.69, 9.17) is 0 Å². The summed E-state index contributed by atoms with van der Waals surface area (Å²) in [6, 6.07) is 14.0. The van der Waals surface area contributed by atoms with Gasteiger partial charge >= 0.3 is 0 Å². The first kappa shape index (κ1) is 15.8. The van der Waals surface area contributed by atoms with Crippen LogP contribution in [0.25, 0.3) is 11.3 Å². The molecule has 0 spiro atoms. The fraction of sp³-hybridized carbons (Fsp3) is 0.0588. The Morgan fingerprint density at radius 2 is 1.78 bits per heavy atom. The number of benzene rings is 2. The number of hydrogen-bond donors (Lipinski definition) is 1. The molecular weight excluding hydrogens is 333 g/mol. The van der Waals surface area contributed by atoms with Gasteiger partial charge in [-0.15, -0.1) is 12.6 Å². The van der Waals surface area contributed by atoms with Crippen molar-refractivity contribution in [1.82, 2.24) is 3.97 Å². The predicted octanol–water partition coefficient (Wildman–Crippen LogP) is 4.13. The van der Waals surface area contributed by atoms with E-state index in [9.17, 15) is 12.8 Å². The minimum atomic E-state index is -3.84. The van der Waals surface area contributed by atoms with E-state index in [0.717, 1.165) is 9.54 Å². The number of thiol groups is 1. The van der Waals surface area contributed by atoms with E-state index in [0.29, 0.717) is 10.6 Å². The third-order valence-electron chi connectivity index (χ3n) is 3.45. The Labute approximate surface area is 139 Å². The summed E-state index contributed by atoms with van der Waals surface area (Å²) in [5.41, 5.74) is 1.27. The van der Waals surface area contributed by atoms with Crippen LogP contribution in [0.2, 0.25) is 0 Å². The van der Waals surface area contributed by atoms with Crippen LogP contribution in [0.4, 0.5) is 4.39 Å². The number of hydrogen-bond acceptors (Lipinski definition) is 3. The average molecular weight is 347 g/mol. The number of aromatic nitrogens is 1. The van der Waals surface area contributed by atoms with E-state index >= 15 is 0 Å². The van der Waals surface area contributed by atoms with Crippen molar-refractivity contribution in [1.29, 1.82) is 0 Å². The second-order valence-corrected chi connectivity index (χ2v) is 7.51. The molecule has 3 rings (SSSR count). The lowest BCUT2D eigenvalue weighted by atomic mass is 10.1. The maximum Gasteiger partial charge on any atom is 0.268 e. The SMILES string of the molecule is Cc1cc(-c2ccccc2F)n(S(=O)(=O)c2cccc(S)c2)c1. The fourth-order valence-electron chi connectivity index (χ4n) is 2.39. The predicted molar refractivity (Wildman–Crippen MR) is 90.8 cm³/mol. The Kier molecular flexibility index (Phi) is 4.04. The Balaban J connectivity index is 2.24. The summed E-state index contributed by atoms with van der Waals surface area (Å²) < 4.78 is 41.0. The van der Waals surface area contributed by atoms with Gasteiger partial charge in [0, 0.05) is 16.7 Å². The monoisotopic (exact) mass is 347 g/mol. The molecule has 118 valence electrons. The van der Waals surface area contributed by atoms with E-state index in [1.165, 1.54) is 24.4 Å². The second kappa shape index (κ2) is 5.86. The van der Waals surface area contributed by atoms with Gasteiger partial charge in [-0.2, -0.15) is 0 Å². The molecule has 0 atom stereocenters. The highest BCUT2D eigenvalue weighted by atomic mass is 32.2. The summed E-state index contributed by atoms with van der Waals surface area (Å²) in [7, 11) is -3.84.